The average Bonchev–Trinajstić information content (AvgIpc) is 2.49. The molecule has 0 atom stereocenters. The molecule has 21 heavy (non-hydrogen) atoms. The Labute approximate surface area is 120 Å². The zero-order valence-corrected chi connectivity index (χ0v) is 11.5. The number of esters is 1. The number of anilines is 2. The Morgan fingerprint density at radius 3 is 2.67 bits per heavy atom. The summed E-state index contributed by atoms with van der Waals surface area (Å²) >= 11 is 0. The third-order valence-corrected chi connectivity index (χ3v) is 2.88. The molecular formula is C14H13N3O4. The number of methoxy groups -OCH3 is 1. The fraction of sp³-hybridized carbons (Fsp3) is 0.143. The molecule has 0 radical (unpaired) electrons. The van der Waals surface area contributed by atoms with Gasteiger partial charge in [-0.25, -0.2) is 9.78 Å². The van der Waals surface area contributed by atoms with Gasteiger partial charge in [0.05, 0.1) is 17.6 Å². The van der Waals surface area contributed by atoms with E-state index < -0.39 is 10.9 Å². The van der Waals surface area contributed by atoms with Gasteiger partial charge in [-0.2, -0.15) is 0 Å². The summed E-state index contributed by atoms with van der Waals surface area (Å²) < 4.78 is 4.67. The van der Waals surface area contributed by atoms with Crippen LogP contribution in [0.3, 0.4) is 0 Å². The van der Waals surface area contributed by atoms with Crippen LogP contribution in [0.25, 0.3) is 0 Å². The number of ether oxygens (including phenoxy) is 1. The Morgan fingerprint density at radius 2 is 2.10 bits per heavy atom. The van der Waals surface area contributed by atoms with Crippen LogP contribution in [0.2, 0.25) is 0 Å². The van der Waals surface area contributed by atoms with Crippen LogP contribution < -0.4 is 5.32 Å². The Balaban J connectivity index is 2.26. The molecule has 7 heteroatoms. The van der Waals surface area contributed by atoms with E-state index in [1.807, 2.05) is 6.92 Å². The second-order valence-electron chi connectivity index (χ2n) is 4.31. The number of nitrogens with zero attached hydrogens (tertiary/aromatic N) is 2. The number of carbonyl (C=O) groups excluding carboxylic acids is 1. The first-order valence-electron chi connectivity index (χ1n) is 6.07. The first-order chi connectivity index (χ1) is 10.0. The predicted octanol–water partition coefficient (Wildman–Crippen LogP) is 2.83. The maximum Gasteiger partial charge on any atom is 0.337 e. The van der Waals surface area contributed by atoms with Crippen LogP contribution >= 0.6 is 0 Å². The van der Waals surface area contributed by atoms with Crippen LogP contribution in [-0.2, 0) is 4.74 Å². The fourth-order valence-electron chi connectivity index (χ4n) is 1.71. The van der Waals surface area contributed by atoms with Crippen molar-refractivity contribution in [3.8, 4) is 0 Å². The summed E-state index contributed by atoms with van der Waals surface area (Å²) in [5.41, 5.74) is 1.91. The minimum absolute atomic E-state index is 0.0828. The van der Waals surface area contributed by atoms with Crippen molar-refractivity contribution in [1.82, 2.24) is 4.98 Å². The van der Waals surface area contributed by atoms with Gasteiger partial charge in [0.2, 0.25) is 0 Å². The van der Waals surface area contributed by atoms with Crippen LogP contribution in [0.5, 0.6) is 0 Å². The normalized spacial score (nSPS) is 10.0. The van der Waals surface area contributed by atoms with E-state index in [2.05, 4.69) is 15.0 Å². The zero-order chi connectivity index (χ0) is 15.4. The van der Waals surface area contributed by atoms with Crippen molar-refractivity contribution < 1.29 is 14.5 Å². The van der Waals surface area contributed by atoms with E-state index in [-0.39, 0.29) is 5.69 Å². The van der Waals surface area contributed by atoms with Crippen LogP contribution in [0.4, 0.5) is 17.2 Å². The Hall–Kier alpha value is -2.96. The summed E-state index contributed by atoms with van der Waals surface area (Å²) in [4.78, 5) is 25.5. The third kappa shape index (κ3) is 3.33. The predicted molar refractivity (Wildman–Crippen MR) is 76.7 cm³/mol. The van der Waals surface area contributed by atoms with E-state index in [1.165, 1.54) is 25.4 Å². The maximum atomic E-state index is 11.5. The Kier molecular flexibility index (Phi) is 4.13. The van der Waals surface area contributed by atoms with E-state index >= 15 is 0 Å². The lowest BCUT2D eigenvalue weighted by Gasteiger charge is -2.10. The van der Waals surface area contributed by atoms with Crippen molar-refractivity contribution >= 4 is 23.2 Å². The first kappa shape index (κ1) is 14.4. The number of aromatic nitrogens is 1. The monoisotopic (exact) mass is 287 g/mol. The summed E-state index contributed by atoms with van der Waals surface area (Å²) in [5, 5.41) is 13.6. The van der Waals surface area contributed by atoms with Gasteiger partial charge in [-0.15, -0.1) is 0 Å². The van der Waals surface area contributed by atoms with E-state index in [9.17, 15) is 14.9 Å². The van der Waals surface area contributed by atoms with Gasteiger partial charge in [0.15, 0.2) is 0 Å². The second-order valence-corrected chi connectivity index (χ2v) is 4.31. The maximum absolute atomic E-state index is 11.5. The molecule has 1 aromatic carbocycles. The zero-order valence-electron chi connectivity index (χ0n) is 11.5. The van der Waals surface area contributed by atoms with Gasteiger partial charge >= 0.3 is 5.97 Å². The lowest BCUT2D eigenvalue weighted by atomic mass is 10.1. The number of benzene rings is 1. The van der Waals surface area contributed by atoms with Gasteiger partial charge in [-0.1, -0.05) is 6.07 Å². The van der Waals surface area contributed by atoms with Crippen molar-refractivity contribution in [2.75, 3.05) is 12.4 Å². The molecule has 2 aromatic rings. The summed E-state index contributed by atoms with van der Waals surface area (Å²) in [6.45, 7) is 1.87. The molecule has 0 spiro atoms. The van der Waals surface area contributed by atoms with E-state index in [4.69, 9.17) is 0 Å². The van der Waals surface area contributed by atoms with Gasteiger partial charge in [-0.3, -0.25) is 10.1 Å². The number of pyridine rings is 1. The number of nitrogens with one attached hydrogen (secondary N) is 1. The minimum atomic E-state index is -0.514. The summed E-state index contributed by atoms with van der Waals surface area (Å²) in [5.74, 6) is 0.0143. The highest BCUT2D eigenvalue weighted by Crippen LogP contribution is 2.22. The van der Waals surface area contributed by atoms with Gasteiger partial charge in [0.25, 0.3) is 5.69 Å². The minimum Gasteiger partial charge on any atom is -0.465 e. The number of hydrogen-bond donors (Lipinski definition) is 1. The van der Waals surface area contributed by atoms with Crippen LogP contribution in [0, 0.1) is 17.0 Å². The molecular weight excluding hydrogens is 274 g/mol. The summed E-state index contributed by atoms with van der Waals surface area (Å²) in [6, 6.07) is 7.94. The fourth-order valence-corrected chi connectivity index (χ4v) is 1.71. The summed E-state index contributed by atoms with van der Waals surface area (Å²) in [6.07, 6.45) is 1.17. The molecule has 0 aliphatic rings. The van der Waals surface area contributed by atoms with E-state index in [0.29, 0.717) is 17.1 Å². The molecule has 1 aromatic heterocycles. The highest BCUT2D eigenvalue weighted by Gasteiger charge is 2.10. The topological polar surface area (TPSA) is 94.4 Å². The highest BCUT2D eigenvalue weighted by molar-refractivity contribution is 5.91. The quantitative estimate of drug-likeness (QED) is 0.528. The Bertz CT molecular complexity index is 683. The van der Waals surface area contributed by atoms with Gasteiger partial charge in [-0.05, 0) is 30.7 Å². The lowest BCUT2D eigenvalue weighted by Crippen LogP contribution is -2.03. The number of aryl methyl sites for hydroxylation is 1. The third-order valence-electron chi connectivity index (χ3n) is 2.88. The summed E-state index contributed by atoms with van der Waals surface area (Å²) in [7, 11) is 1.31. The largest absolute Gasteiger partial charge is 0.465 e. The number of rotatable bonds is 4. The molecule has 1 heterocycles. The SMILES string of the molecule is COC(=O)c1ccc(C)c(Nc2ccc([N+](=O)[O-])cn2)c1. The smallest absolute Gasteiger partial charge is 0.337 e. The van der Waals surface area contributed by atoms with Gasteiger partial charge < -0.3 is 10.1 Å². The molecule has 2 rings (SSSR count). The van der Waals surface area contributed by atoms with Crippen molar-refractivity contribution in [2.45, 2.75) is 6.92 Å². The number of nitro groups is 1. The molecule has 0 saturated heterocycles. The van der Waals surface area contributed by atoms with Crippen molar-refractivity contribution in [3.63, 3.8) is 0 Å². The van der Waals surface area contributed by atoms with Crippen molar-refractivity contribution in [2.24, 2.45) is 0 Å². The first-order valence-corrected chi connectivity index (χ1v) is 6.07. The molecule has 0 amide bonds. The number of carbonyl (C=O) groups is 1. The van der Waals surface area contributed by atoms with Gasteiger partial charge in [0.1, 0.15) is 12.0 Å². The molecule has 0 fully saturated rings. The molecule has 0 aliphatic heterocycles. The molecule has 0 saturated carbocycles. The molecule has 7 nitrogen and oxygen atoms in total. The molecule has 0 aliphatic carbocycles. The Morgan fingerprint density at radius 1 is 1.33 bits per heavy atom. The molecule has 0 unspecified atom stereocenters. The standard InChI is InChI=1S/C14H13N3O4/c1-9-3-4-10(14(18)21-2)7-12(9)16-13-6-5-11(8-15-13)17(19)20/h3-8H,1-2H3,(H,15,16). The van der Waals surface area contributed by atoms with Crippen molar-refractivity contribution in [3.05, 3.63) is 57.8 Å². The van der Waals surface area contributed by atoms with Gasteiger partial charge in [0, 0.05) is 11.8 Å². The van der Waals surface area contributed by atoms with E-state index in [0.717, 1.165) is 5.56 Å². The lowest BCUT2D eigenvalue weighted by molar-refractivity contribution is -0.385. The van der Waals surface area contributed by atoms with Crippen LogP contribution in [0.15, 0.2) is 36.5 Å². The average molecular weight is 287 g/mol. The molecule has 0 bridgehead atoms. The number of hydrogen-bond acceptors (Lipinski definition) is 6. The van der Waals surface area contributed by atoms with Crippen molar-refractivity contribution in [1.29, 1.82) is 0 Å². The highest BCUT2D eigenvalue weighted by atomic mass is 16.6. The molecule has 1 N–H and O–H groups in total. The molecule has 108 valence electrons. The van der Waals surface area contributed by atoms with E-state index in [1.54, 1.807) is 18.2 Å². The van der Waals surface area contributed by atoms with Crippen LogP contribution in [-0.4, -0.2) is 23.0 Å². The second kappa shape index (κ2) is 6.00. The van der Waals surface area contributed by atoms with Crippen LogP contribution in [0.1, 0.15) is 15.9 Å².